The summed E-state index contributed by atoms with van der Waals surface area (Å²) in [5, 5.41) is 3.01. The molecule has 2 heterocycles. The van der Waals surface area contributed by atoms with Gasteiger partial charge < -0.3 is 10.1 Å². The topological polar surface area (TPSA) is 51.2 Å². The van der Waals surface area contributed by atoms with Crippen LogP contribution in [0.5, 0.6) is 5.88 Å². The van der Waals surface area contributed by atoms with Crippen LogP contribution < -0.4 is 10.1 Å². The predicted molar refractivity (Wildman–Crippen MR) is 92.9 cm³/mol. The fourth-order valence-corrected chi connectivity index (χ4v) is 3.61. The van der Waals surface area contributed by atoms with E-state index in [9.17, 15) is 4.79 Å². The van der Waals surface area contributed by atoms with Crippen LogP contribution in [0.25, 0.3) is 0 Å². The van der Waals surface area contributed by atoms with Gasteiger partial charge in [0.2, 0.25) is 5.88 Å². The standard InChI is InChI=1S/C18H20N2O2S/c1-13(14-6-3-2-4-7-14)20-17(21)16-8-5-10-19-18(16)22-15-9-11-23-12-15/h2-8,10,13,15H,9,11-12H2,1H3,(H,20,21). The largest absolute Gasteiger partial charge is 0.473 e. The molecule has 1 aliphatic heterocycles. The molecule has 1 aromatic heterocycles. The zero-order valence-electron chi connectivity index (χ0n) is 13.1. The number of benzene rings is 1. The molecular formula is C18H20N2O2S. The van der Waals surface area contributed by atoms with Crippen molar-refractivity contribution in [1.82, 2.24) is 10.3 Å². The number of rotatable bonds is 5. The highest BCUT2D eigenvalue weighted by Crippen LogP contribution is 2.24. The molecule has 0 bridgehead atoms. The molecule has 2 aromatic rings. The minimum atomic E-state index is -0.157. The summed E-state index contributed by atoms with van der Waals surface area (Å²) in [7, 11) is 0. The number of carbonyl (C=O) groups excluding carboxylic acids is 1. The molecule has 4 nitrogen and oxygen atoms in total. The van der Waals surface area contributed by atoms with E-state index in [2.05, 4.69) is 10.3 Å². The highest BCUT2D eigenvalue weighted by atomic mass is 32.2. The quantitative estimate of drug-likeness (QED) is 0.913. The van der Waals surface area contributed by atoms with E-state index < -0.39 is 0 Å². The lowest BCUT2D eigenvalue weighted by molar-refractivity contribution is 0.0932. The van der Waals surface area contributed by atoms with Crippen molar-refractivity contribution >= 4 is 17.7 Å². The number of pyridine rings is 1. The van der Waals surface area contributed by atoms with E-state index in [1.165, 1.54) is 0 Å². The highest BCUT2D eigenvalue weighted by molar-refractivity contribution is 7.99. The molecule has 120 valence electrons. The first kappa shape index (κ1) is 15.9. The number of ether oxygens (including phenoxy) is 1. The van der Waals surface area contributed by atoms with E-state index in [1.54, 1.807) is 18.3 Å². The van der Waals surface area contributed by atoms with Gasteiger partial charge >= 0.3 is 0 Å². The minimum absolute atomic E-state index is 0.0706. The van der Waals surface area contributed by atoms with Crippen LogP contribution in [0, 0.1) is 0 Å². The van der Waals surface area contributed by atoms with Crippen LogP contribution in [0.15, 0.2) is 48.7 Å². The van der Waals surface area contributed by atoms with Crippen LogP contribution in [-0.4, -0.2) is 28.5 Å². The van der Waals surface area contributed by atoms with E-state index in [4.69, 9.17) is 4.74 Å². The summed E-state index contributed by atoms with van der Waals surface area (Å²) in [5.41, 5.74) is 1.56. The van der Waals surface area contributed by atoms with Crippen LogP contribution in [0.3, 0.4) is 0 Å². The van der Waals surface area contributed by atoms with Crippen molar-refractivity contribution in [2.24, 2.45) is 0 Å². The first-order valence-corrected chi connectivity index (χ1v) is 8.95. The normalized spacial score (nSPS) is 18.4. The summed E-state index contributed by atoms with van der Waals surface area (Å²) in [5.74, 6) is 2.33. The Bertz CT molecular complexity index is 657. The molecule has 1 aliphatic rings. The lowest BCUT2D eigenvalue weighted by atomic mass is 10.1. The van der Waals surface area contributed by atoms with Gasteiger partial charge in [-0.2, -0.15) is 11.8 Å². The molecule has 23 heavy (non-hydrogen) atoms. The van der Waals surface area contributed by atoms with E-state index in [-0.39, 0.29) is 18.1 Å². The van der Waals surface area contributed by atoms with Gasteiger partial charge in [-0.25, -0.2) is 4.98 Å². The predicted octanol–water partition coefficient (Wildman–Crippen LogP) is 3.46. The van der Waals surface area contributed by atoms with Gasteiger partial charge in [0, 0.05) is 11.9 Å². The maximum Gasteiger partial charge on any atom is 0.257 e. The summed E-state index contributed by atoms with van der Waals surface area (Å²) < 4.78 is 5.92. The maximum absolute atomic E-state index is 12.6. The van der Waals surface area contributed by atoms with Gasteiger partial charge in [-0.3, -0.25) is 4.79 Å². The third-order valence-electron chi connectivity index (χ3n) is 3.83. The van der Waals surface area contributed by atoms with Gasteiger partial charge in [-0.05, 0) is 36.8 Å². The molecule has 1 aromatic carbocycles. The zero-order valence-corrected chi connectivity index (χ0v) is 13.9. The summed E-state index contributed by atoms with van der Waals surface area (Å²) in [6.45, 7) is 1.97. The van der Waals surface area contributed by atoms with Gasteiger partial charge in [-0.1, -0.05) is 30.3 Å². The molecule has 0 spiro atoms. The lowest BCUT2D eigenvalue weighted by Gasteiger charge is -2.17. The van der Waals surface area contributed by atoms with E-state index in [0.29, 0.717) is 11.4 Å². The molecule has 2 atom stereocenters. The second-order valence-corrected chi connectivity index (χ2v) is 6.72. The van der Waals surface area contributed by atoms with Crippen molar-refractivity contribution in [2.45, 2.75) is 25.5 Å². The monoisotopic (exact) mass is 328 g/mol. The van der Waals surface area contributed by atoms with Crippen molar-refractivity contribution < 1.29 is 9.53 Å². The Balaban J connectivity index is 1.71. The van der Waals surface area contributed by atoms with Crippen LogP contribution in [0.4, 0.5) is 0 Å². The summed E-state index contributed by atoms with van der Waals surface area (Å²) in [6, 6.07) is 13.4. The van der Waals surface area contributed by atoms with Crippen molar-refractivity contribution in [1.29, 1.82) is 0 Å². The molecule has 5 heteroatoms. The first-order chi connectivity index (χ1) is 11.2. The average molecular weight is 328 g/mol. The summed E-state index contributed by atoms with van der Waals surface area (Å²) in [6.07, 6.45) is 2.81. The van der Waals surface area contributed by atoms with E-state index in [0.717, 1.165) is 23.5 Å². The Labute approximate surface area is 140 Å². The molecule has 0 saturated carbocycles. The molecule has 1 saturated heterocycles. The van der Waals surface area contributed by atoms with Crippen LogP contribution in [0.1, 0.15) is 35.3 Å². The first-order valence-electron chi connectivity index (χ1n) is 7.79. The van der Waals surface area contributed by atoms with Crippen molar-refractivity contribution in [2.75, 3.05) is 11.5 Å². The molecule has 1 N–H and O–H groups in total. The van der Waals surface area contributed by atoms with Crippen LogP contribution in [-0.2, 0) is 0 Å². The number of hydrogen-bond donors (Lipinski definition) is 1. The van der Waals surface area contributed by atoms with Crippen molar-refractivity contribution in [3.05, 3.63) is 59.8 Å². The summed E-state index contributed by atoms with van der Waals surface area (Å²) >= 11 is 1.87. The molecule has 2 unspecified atom stereocenters. The number of nitrogens with one attached hydrogen (secondary N) is 1. The SMILES string of the molecule is CC(NC(=O)c1cccnc1OC1CCSC1)c1ccccc1. The third kappa shape index (κ3) is 4.05. The number of hydrogen-bond acceptors (Lipinski definition) is 4. The lowest BCUT2D eigenvalue weighted by Crippen LogP contribution is -2.28. The van der Waals surface area contributed by atoms with E-state index >= 15 is 0 Å². The Morgan fingerprint density at radius 3 is 2.87 bits per heavy atom. The molecule has 1 fully saturated rings. The number of amides is 1. The van der Waals surface area contributed by atoms with Gasteiger partial charge in [-0.15, -0.1) is 0 Å². The number of aromatic nitrogens is 1. The zero-order chi connectivity index (χ0) is 16.1. The second-order valence-electron chi connectivity index (χ2n) is 5.57. The fraction of sp³-hybridized carbons (Fsp3) is 0.333. The van der Waals surface area contributed by atoms with Gasteiger partial charge in [0.15, 0.2) is 0 Å². The number of carbonyl (C=O) groups is 1. The van der Waals surface area contributed by atoms with Gasteiger partial charge in [0.05, 0.1) is 6.04 Å². The number of thioether (sulfide) groups is 1. The van der Waals surface area contributed by atoms with Gasteiger partial charge in [0.25, 0.3) is 5.91 Å². The molecule has 1 amide bonds. The van der Waals surface area contributed by atoms with E-state index in [1.807, 2.05) is 49.0 Å². The third-order valence-corrected chi connectivity index (χ3v) is 4.96. The maximum atomic E-state index is 12.6. The Morgan fingerprint density at radius 1 is 1.30 bits per heavy atom. The summed E-state index contributed by atoms with van der Waals surface area (Å²) in [4.78, 5) is 16.8. The Kier molecular flexibility index (Phi) is 5.18. The smallest absolute Gasteiger partial charge is 0.257 e. The highest BCUT2D eigenvalue weighted by Gasteiger charge is 2.22. The molecule has 0 radical (unpaired) electrons. The fourth-order valence-electron chi connectivity index (χ4n) is 2.52. The van der Waals surface area contributed by atoms with Gasteiger partial charge in [0.1, 0.15) is 11.7 Å². The van der Waals surface area contributed by atoms with Crippen molar-refractivity contribution in [3.63, 3.8) is 0 Å². The minimum Gasteiger partial charge on any atom is -0.473 e. The van der Waals surface area contributed by atoms with Crippen molar-refractivity contribution in [3.8, 4) is 5.88 Å². The molecular weight excluding hydrogens is 308 g/mol. The van der Waals surface area contributed by atoms with Crippen LogP contribution in [0.2, 0.25) is 0 Å². The Hall–Kier alpha value is -2.01. The molecule has 3 rings (SSSR count). The molecule has 0 aliphatic carbocycles. The van der Waals surface area contributed by atoms with Crippen LogP contribution >= 0.6 is 11.8 Å². The Morgan fingerprint density at radius 2 is 2.13 bits per heavy atom. The average Bonchev–Trinajstić information content (AvgIpc) is 3.09. The number of nitrogens with zero attached hydrogens (tertiary/aromatic N) is 1. The second kappa shape index (κ2) is 7.51.